The molecule has 0 radical (unpaired) electrons. The molecule has 0 N–H and O–H groups in total. The minimum Gasteiger partial charge on any atom is -0.339 e. The third-order valence-corrected chi connectivity index (χ3v) is 7.00. The van der Waals surface area contributed by atoms with E-state index in [1.54, 1.807) is 17.0 Å². The van der Waals surface area contributed by atoms with Crippen LogP contribution in [0, 0.1) is 13.8 Å². The molecule has 0 aromatic heterocycles. The molecule has 1 saturated heterocycles. The van der Waals surface area contributed by atoms with Gasteiger partial charge in [-0.1, -0.05) is 47.5 Å². The molecule has 8 heteroatoms. The molecule has 3 amide bonds. The van der Waals surface area contributed by atoms with Crippen LogP contribution in [0.25, 0.3) is 0 Å². The first kappa shape index (κ1) is 21.8. The van der Waals surface area contributed by atoms with Gasteiger partial charge in [-0.15, -0.1) is 0 Å². The topological polar surface area (TPSA) is 78.0 Å². The Morgan fingerprint density at radius 1 is 0.833 bits per heavy atom. The molecule has 0 bridgehead atoms. The third kappa shape index (κ3) is 4.81. The van der Waals surface area contributed by atoms with Crippen molar-refractivity contribution in [3.05, 3.63) is 65.2 Å². The van der Waals surface area contributed by atoms with Crippen molar-refractivity contribution in [2.75, 3.05) is 26.2 Å². The summed E-state index contributed by atoms with van der Waals surface area (Å²) in [4.78, 5) is 28.1. The Hall–Kier alpha value is -2.87. The molecule has 1 aliphatic heterocycles. The average Bonchev–Trinajstić information content (AvgIpc) is 2.73. The number of piperazine rings is 1. The molecule has 2 aromatic carbocycles. The molecule has 7 nitrogen and oxygen atoms in total. The van der Waals surface area contributed by atoms with Crippen LogP contribution < -0.4 is 0 Å². The molecule has 160 valence electrons. The van der Waals surface area contributed by atoms with E-state index in [1.165, 1.54) is 24.0 Å². The normalized spacial score (nSPS) is 14.5. The third-order valence-electron chi connectivity index (χ3n) is 5.26. The van der Waals surface area contributed by atoms with Gasteiger partial charge in [0.05, 0.1) is 11.4 Å². The minimum absolute atomic E-state index is 0.0501. The van der Waals surface area contributed by atoms with Crippen LogP contribution in [-0.2, 0) is 21.4 Å². The van der Waals surface area contributed by atoms with Crippen LogP contribution in [0.3, 0.4) is 0 Å². The maximum Gasteiger partial charge on any atom is 0.334 e. The predicted molar refractivity (Wildman–Crippen MR) is 114 cm³/mol. The molecule has 1 aliphatic rings. The molecule has 0 unspecified atom stereocenters. The number of benzene rings is 2. The molecule has 3 rings (SSSR count). The smallest absolute Gasteiger partial charge is 0.334 e. The summed E-state index contributed by atoms with van der Waals surface area (Å²) >= 11 is 0. The van der Waals surface area contributed by atoms with Crippen molar-refractivity contribution in [3.8, 4) is 0 Å². The lowest BCUT2D eigenvalue weighted by Gasteiger charge is -2.36. The highest BCUT2D eigenvalue weighted by Crippen LogP contribution is 2.22. The Morgan fingerprint density at radius 2 is 1.30 bits per heavy atom. The van der Waals surface area contributed by atoms with Crippen molar-refractivity contribution in [2.24, 2.45) is 0 Å². The van der Waals surface area contributed by atoms with Crippen LogP contribution in [0.15, 0.2) is 53.4 Å². The van der Waals surface area contributed by atoms with E-state index >= 15 is 0 Å². The Balaban J connectivity index is 1.91. The molecular formula is C22H27N3O4S. The van der Waals surface area contributed by atoms with Gasteiger partial charge in [-0.05, 0) is 31.5 Å². The molecule has 1 fully saturated rings. The molecule has 0 saturated carbocycles. The number of hydrogen-bond donors (Lipinski definition) is 0. The number of aryl methyl sites for hydroxylation is 2. The second kappa shape index (κ2) is 8.87. The van der Waals surface area contributed by atoms with E-state index in [2.05, 4.69) is 0 Å². The number of rotatable bonds is 4. The van der Waals surface area contributed by atoms with Crippen molar-refractivity contribution in [1.29, 1.82) is 0 Å². The first-order valence-corrected chi connectivity index (χ1v) is 11.3. The Morgan fingerprint density at radius 3 is 1.80 bits per heavy atom. The highest BCUT2D eigenvalue weighted by Gasteiger charge is 2.34. The first-order valence-electron chi connectivity index (χ1n) is 9.88. The first-order chi connectivity index (χ1) is 14.2. The van der Waals surface area contributed by atoms with Crippen LogP contribution >= 0.6 is 0 Å². The number of nitrogens with zero attached hydrogens (tertiary/aromatic N) is 3. The largest absolute Gasteiger partial charge is 0.339 e. The number of carbonyl (C=O) groups is 2. The van der Waals surface area contributed by atoms with Crippen LogP contribution in [0.5, 0.6) is 0 Å². The van der Waals surface area contributed by atoms with Gasteiger partial charge in [0.25, 0.3) is 10.0 Å². The fourth-order valence-corrected chi connectivity index (χ4v) is 4.70. The van der Waals surface area contributed by atoms with Crippen molar-refractivity contribution in [2.45, 2.75) is 32.2 Å². The summed E-state index contributed by atoms with van der Waals surface area (Å²) in [6, 6.07) is 13.3. The summed E-state index contributed by atoms with van der Waals surface area (Å²) in [6.45, 7) is 6.64. The van der Waals surface area contributed by atoms with E-state index in [4.69, 9.17) is 0 Å². The van der Waals surface area contributed by atoms with Crippen LogP contribution in [0.4, 0.5) is 4.79 Å². The lowest BCUT2D eigenvalue weighted by atomic mass is 10.1. The molecule has 1 heterocycles. The van der Waals surface area contributed by atoms with E-state index in [-0.39, 0.29) is 17.3 Å². The van der Waals surface area contributed by atoms with Gasteiger partial charge in [-0.2, -0.15) is 0 Å². The second-order valence-corrected chi connectivity index (χ2v) is 9.45. The second-order valence-electron chi connectivity index (χ2n) is 7.59. The predicted octanol–water partition coefficient (Wildman–Crippen LogP) is 2.78. The monoisotopic (exact) mass is 429 g/mol. The van der Waals surface area contributed by atoms with Crippen molar-refractivity contribution in [3.63, 3.8) is 0 Å². The van der Waals surface area contributed by atoms with Gasteiger partial charge in [-0.25, -0.2) is 17.5 Å². The Bertz CT molecular complexity index is 1010. The molecule has 0 atom stereocenters. The summed E-state index contributed by atoms with van der Waals surface area (Å²) in [5, 5.41) is 0. The minimum atomic E-state index is -4.04. The van der Waals surface area contributed by atoms with Crippen LogP contribution in [0.2, 0.25) is 0 Å². The SMILES string of the molecule is CC(=O)N1CCN(C(=O)N(Cc2ccc(C)cc2)S(=O)(=O)c2ccc(C)cc2)CC1. The van der Waals surface area contributed by atoms with Gasteiger partial charge in [0.2, 0.25) is 5.91 Å². The standard InChI is InChI=1S/C22H27N3O4S/c1-17-4-8-20(9-5-17)16-25(30(28,29)21-10-6-18(2)7-11-21)22(27)24-14-12-23(13-15-24)19(3)26/h4-11H,12-16H2,1-3H3. The van der Waals surface area contributed by atoms with E-state index in [9.17, 15) is 18.0 Å². The highest BCUT2D eigenvalue weighted by atomic mass is 32.2. The number of sulfonamides is 1. The molecule has 0 spiro atoms. The summed E-state index contributed by atoms with van der Waals surface area (Å²) in [6.07, 6.45) is 0. The summed E-state index contributed by atoms with van der Waals surface area (Å²) in [5.74, 6) is -0.0501. The van der Waals surface area contributed by atoms with Crippen LogP contribution in [-0.4, -0.2) is 60.6 Å². The zero-order valence-corrected chi connectivity index (χ0v) is 18.4. The Labute approximate surface area is 177 Å². The summed E-state index contributed by atoms with van der Waals surface area (Å²) in [7, 11) is -4.04. The van der Waals surface area contributed by atoms with E-state index in [0.717, 1.165) is 21.0 Å². The van der Waals surface area contributed by atoms with Gasteiger partial charge >= 0.3 is 6.03 Å². The Kier molecular flexibility index (Phi) is 6.45. The zero-order valence-electron chi connectivity index (χ0n) is 17.5. The van der Waals surface area contributed by atoms with Crippen molar-refractivity contribution in [1.82, 2.24) is 14.1 Å². The molecular weight excluding hydrogens is 402 g/mol. The van der Waals surface area contributed by atoms with E-state index in [1.807, 2.05) is 38.1 Å². The quantitative estimate of drug-likeness (QED) is 0.749. The molecule has 2 aromatic rings. The van der Waals surface area contributed by atoms with Gasteiger partial charge in [0.15, 0.2) is 0 Å². The fourth-order valence-electron chi connectivity index (χ4n) is 3.32. The van der Waals surface area contributed by atoms with Gasteiger partial charge in [-0.3, -0.25) is 4.79 Å². The number of amides is 3. The van der Waals surface area contributed by atoms with Crippen LogP contribution in [0.1, 0.15) is 23.6 Å². The maximum absolute atomic E-state index is 13.4. The van der Waals surface area contributed by atoms with Crippen molar-refractivity contribution < 1.29 is 18.0 Å². The van der Waals surface area contributed by atoms with E-state index in [0.29, 0.717) is 26.2 Å². The molecule has 0 aliphatic carbocycles. The fraction of sp³-hybridized carbons (Fsp3) is 0.364. The van der Waals surface area contributed by atoms with Gasteiger partial charge < -0.3 is 9.80 Å². The highest BCUT2D eigenvalue weighted by molar-refractivity contribution is 7.89. The van der Waals surface area contributed by atoms with Crippen molar-refractivity contribution >= 4 is 22.0 Å². The summed E-state index contributed by atoms with van der Waals surface area (Å²) < 4.78 is 27.7. The average molecular weight is 430 g/mol. The van der Waals surface area contributed by atoms with Gasteiger partial charge in [0.1, 0.15) is 0 Å². The number of carbonyl (C=O) groups excluding carboxylic acids is 2. The molecule has 30 heavy (non-hydrogen) atoms. The lowest BCUT2D eigenvalue weighted by molar-refractivity contribution is -0.130. The van der Waals surface area contributed by atoms with E-state index < -0.39 is 16.1 Å². The number of urea groups is 1. The lowest BCUT2D eigenvalue weighted by Crippen LogP contribution is -2.54. The van der Waals surface area contributed by atoms with Gasteiger partial charge in [0, 0.05) is 33.1 Å². The summed E-state index contributed by atoms with van der Waals surface area (Å²) in [5.41, 5.74) is 2.72. The zero-order chi connectivity index (χ0) is 21.9. The maximum atomic E-state index is 13.4. The number of hydrogen-bond acceptors (Lipinski definition) is 4.